The van der Waals surface area contributed by atoms with Gasteiger partial charge in [0.2, 0.25) is 0 Å². The molecule has 21 heavy (non-hydrogen) atoms. The summed E-state index contributed by atoms with van der Waals surface area (Å²) in [4.78, 5) is 0. The fourth-order valence-corrected chi connectivity index (χ4v) is 2.67. The maximum Gasteiger partial charge on any atom is 0.137 e. The summed E-state index contributed by atoms with van der Waals surface area (Å²) in [6.45, 7) is 2.63. The Morgan fingerprint density at radius 2 is 1.76 bits per heavy atom. The summed E-state index contributed by atoms with van der Waals surface area (Å²) in [6.07, 6.45) is 0.848. The molecule has 0 radical (unpaired) electrons. The Kier molecular flexibility index (Phi) is 5.42. The van der Waals surface area contributed by atoms with E-state index in [4.69, 9.17) is 0 Å². The zero-order valence-corrected chi connectivity index (χ0v) is 13.1. The first-order valence-corrected chi connectivity index (χ1v) is 7.45. The van der Waals surface area contributed by atoms with Crippen molar-refractivity contribution < 1.29 is 13.2 Å². The van der Waals surface area contributed by atoms with Crippen LogP contribution < -0.4 is 5.32 Å². The van der Waals surface area contributed by atoms with E-state index in [0.29, 0.717) is 22.1 Å². The normalized spacial score (nSPS) is 12.4. The highest BCUT2D eigenvalue weighted by Crippen LogP contribution is 2.31. The summed E-state index contributed by atoms with van der Waals surface area (Å²) in [7, 11) is 0. The molecule has 0 aliphatic rings. The van der Waals surface area contributed by atoms with Crippen LogP contribution in [0.1, 0.15) is 30.5 Å². The van der Waals surface area contributed by atoms with Gasteiger partial charge in [0.25, 0.3) is 0 Å². The maximum absolute atomic E-state index is 13.7. The molecule has 0 saturated carbocycles. The molecule has 2 rings (SSSR count). The number of hydrogen-bond donors (Lipinski definition) is 1. The zero-order valence-electron chi connectivity index (χ0n) is 11.5. The molecule has 5 heteroatoms. The molecule has 0 heterocycles. The van der Waals surface area contributed by atoms with E-state index in [1.165, 1.54) is 18.2 Å². The molecule has 112 valence electrons. The Hall–Kier alpha value is -1.33. The molecule has 2 aromatic rings. The predicted molar refractivity (Wildman–Crippen MR) is 80.6 cm³/mol. The van der Waals surface area contributed by atoms with E-state index in [0.717, 1.165) is 12.5 Å². The molecule has 0 spiro atoms. The highest BCUT2D eigenvalue weighted by atomic mass is 79.9. The highest BCUT2D eigenvalue weighted by Gasteiger charge is 2.19. The molecule has 0 amide bonds. The third kappa shape index (κ3) is 3.86. The van der Waals surface area contributed by atoms with Crippen LogP contribution in [-0.2, 0) is 0 Å². The highest BCUT2D eigenvalue weighted by molar-refractivity contribution is 9.10. The van der Waals surface area contributed by atoms with E-state index < -0.39 is 23.5 Å². The van der Waals surface area contributed by atoms with Crippen LogP contribution in [0.25, 0.3) is 0 Å². The monoisotopic (exact) mass is 357 g/mol. The number of hydrogen-bond acceptors (Lipinski definition) is 1. The molecule has 2 aromatic carbocycles. The summed E-state index contributed by atoms with van der Waals surface area (Å²) in [5, 5.41) is 3.19. The average molecular weight is 358 g/mol. The molecular weight excluding hydrogens is 343 g/mol. The van der Waals surface area contributed by atoms with Crippen LogP contribution in [0.2, 0.25) is 0 Å². The molecule has 1 atom stereocenters. The molecule has 0 bridgehead atoms. The molecular formula is C16H15BrF3N. The fourth-order valence-electron chi connectivity index (χ4n) is 2.18. The molecule has 0 aliphatic carbocycles. The minimum absolute atomic E-state index is 0.295. The first-order valence-electron chi connectivity index (χ1n) is 6.66. The van der Waals surface area contributed by atoms with E-state index in [2.05, 4.69) is 21.2 Å². The standard InChI is InChI=1S/C16H15BrF3N/c1-2-6-21-16(10-7-11(18)9-12(19)8-10)13-4-3-5-14(20)15(13)17/h3-5,7-9,16,21H,2,6H2,1H3. The Morgan fingerprint density at radius 3 is 2.38 bits per heavy atom. The first kappa shape index (κ1) is 16.0. The smallest absolute Gasteiger partial charge is 0.137 e. The van der Waals surface area contributed by atoms with E-state index in [1.54, 1.807) is 12.1 Å². The first-order chi connectivity index (χ1) is 10.0. The van der Waals surface area contributed by atoms with Crippen molar-refractivity contribution in [1.29, 1.82) is 0 Å². The van der Waals surface area contributed by atoms with Gasteiger partial charge in [0, 0.05) is 6.07 Å². The van der Waals surface area contributed by atoms with E-state index >= 15 is 0 Å². The van der Waals surface area contributed by atoms with Gasteiger partial charge in [0.1, 0.15) is 17.5 Å². The van der Waals surface area contributed by atoms with Crippen molar-refractivity contribution in [2.24, 2.45) is 0 Å². The van der Waals surface area contributed by atoms with Gasteiger partial charge in [-0.1, -0.05) is 19.1 Å². The van der Waals surface area contributed by atoms with Crippen molar-refractivity contribution in [1.82, 2.24) is 5.32 Å². The van der Waals surface area contributed by atoms with Gasteiger partial charge in [-0.25, -0.2) is 13.2 Å². The van der Waals surface area contributed by atoms with E-state index in [-0.39, 0.29) is 0 Å². The summed E-state index contributed by atoms with van der Waals surface area (Å²) in [6, 6.07) is 7.48. The molecule has 0 aromatic heterocycles. The molecule has 1 N–H and O–H groups in total. The maximum atomic E-state index is 13.7. The lowest BCUT2D eigenvalue weighted by atomic mass is 9.98. The van der Waals surface area contributed by atoms with Crippen molar-refractivity contribution in [3.63, 3.8) is 0 Å². The van der Waals surface area contributed by atoms with Gasteiger partial charge in [-0.2, -0.15) is 0 Å². The second kappa shape index (κ2) is 7.09. The van der Waals surface area contributed by atoms with Gasteiger partial charge in [0.15, 0.2) is 0 Å². The van der Waals surface area contributed by atoms with Crippen molar-refractivity contribution in [3.8, 4) is 0 Å². The Balaban J connectivity index is 2.49. The molecule has 0 fully saturated rings. The van der Waals surface area contributed by atoms with Crippen LogP contribution in [0.3, 0.4) is 0 Å². The van der Waals surface area contributed by atoms with Gasteiger partial charge in [-0.3, -0.25) is 0 Å². The second-order valence-electron chi connectivity index (χ2n) is 4.73. The number of benzene rings is 2. The number of rotatable bonds is 5. The van der Waals surface area contributed by atoms with E-state index in [1.807, 2.05) is 6.92 Å². The largest absolute Gasteiger partial charge is 0.306 e. The van der Waals surface area contributed by atoms with Crippen LogP contribution in [-0.4, -0.2) is 6.54 Å². The Bertz CT molecular complexity index is 611. The Morgan fingerprint density at radius 1 is 1.10 bits per heavy atom. The minimum Gasteiger partial charge on any atom is -0.306 e. The summed E-state index contributed by atoms with van der Waals surface area (Å²) in [5.74, 6) is -1.71. The van der Waals surface area contributed by atoms with Crippen LogP contribution in [0.15, 0.2) is 40.9 Å². The Labute approximate surface area is 130 Å². The third-order valence-corrected chi connectivity index (χ3v) is 3.95. The van der Waals surface area contributed by atoms with Crippen LogP contribution in [0.5, 0.6) is 0 Å². The third-order valence-electron chi connectivity index (χ3n) is 3.11. The van der Waals surface area contributed by atoms with E-state index in [9.17, 15) is 13.2 Å². The van der Waals surface area contributed by atoms with Gasteiger partial charge < -0.3 is 5.32 Å². The topological polar surface area (TPSA) is 12.0 Å². The number of nitrogens with one attached hydrogen (secondary N) is 1. The molecule has 1 unspecified atom stereocenters. The van der Waals surface area contributed by atoms with Crippen molar-refractivity contribution >= 4 is 15.9 Å². The zero-order chi connectivity index (χ0) is 15.4. The van der Waals surface area contributed by atoms with Gasteiger partial charge in [-0.05, 0) is 58.2 Å². The van der Waals surface area contributed by atoms with Gasteiger partial charge in [0.05, 0.1) is 10.5 Å². The molecule has 1 nitrogen and oxygen atoms in total. The van der Waals surface area contributed by atoms with Gasteiger partial charge in [-0.15, -0.1) is 0 Å². The van der Waals surface area contributed by atoms with Crippen molar-refractivity contribution in [2.75, 3.05) is 6.54 Å². The number of halogens is 4. The lowest BCUT2D eigenvalue weighted by Crippen LogP contribution is -2.24. The van der Waals surface area contributed by atoms with Crippen LogP contribution >= 0.6 is 15.9 Å². The van der Waals surface area contributed by atoms with Crippen LogP contribution in [0.4, 0.5) is 13.2 Å². The predicted octanol–water partition coefficient (Wildman–Crippen LogP) is 4.96. The summed E-state index contributed by atoms with van der Waals surface area (Å²) >= 11 is 3.20. The van der Waals surface area contributed by atoms with Crippen molar-refractivity contribution in [3.05, 3.63) is 69.4 Å². The minimum atomic E-state index is -0.652. The lowest BCUT2D eigenvalue weighted by molar-refractivity contribution is 0.554. The summed E-state index contributed by atoms with van der Waals surface area (Å²) < 4.78 is 40.9. The van der Waals surface area contributed by atoms with Crippen LogP contribution in [0, 0.1) is 17.5 Å². The quantitative estimate of drug-likeness (QED) is 0.797. The second-order valence-corrected chi connectivity index (χ2v) is 5.53. The summed E-state index contributed by atoms with van der Waals surface area (Å²) in [5.41, 5.74) is 1.03. The molecule has 0 saturated heterocycles. The SMILES string of the molecule is CCCNC(c1cc(F)cc(F)c1)c1cccc(F)c1Br. The molecule has 0 aliphatic heterocycles. The fraction of sp³-hybridized carbons (Fsp3) is 0.250. The van der Waals surface area contributed by atoms with Gasteiger partial charge >= 0.3 is 0 Å². The lowest BCUT2D eigenvalue weighted by Gasteiger charge is -2.21. The van der Waals surface area contributed by atoms with Crippen molar-refractivity contribution in [2.45, 2.75) is 19.4 Å². The average Bonchev–Trinajstić information content (AvgIpc) is 2.42.